The molecule has 3 aromatic rings. The third kappa shape index (κ3) is 3.01. The number of anilines is 1. The number of benzene rings is 2. The predicted octanol–water partition coefficient (Wildman–Crippen LogP) is 3.91. The van der Waals surface area contributed by atoms with E-state index in [1.165, 1.54) is 13.1 Å². The Hall–Kier alpha value is -2.46. The first-order valence-electron chi connectivity index (χ1n) is 6.42. The Labute approximate surface area is 126 Å². The van der Waals surface area contributed by atoms with Crippen LogP contribution in [-0.4, -0.2) is 15.9 Å². The van der Waals surface area contributed by atoms with Gasteiger partial charge in [-0.2, -0.15) is 0 Å². The number of aromatic nitrogens is 2. The van der Waals surface area contributed by atoms with Crippen LogP contribution in [0, 0.1) is 0 Å². The summed E-state index contributed by atoms with van der Waals surface area (Å²) in [4.78, 5) is 19.6. The molecule has 2 aromatic carbocycles. The van der Waals surface area contributed by atoms with Gasteiger partial charge in [0, 0.05) is 12.6 Å². The summed E-state index contributed by atoms with van der Waals surface area (Å²) in [7, 11) is 0. The van der Waals surface area contributed by atoms with E-state index in [4.69, 9.17) is 11.6 Å². The molecule has 0 saturated heterocycles. The van der Waals surface area contributed by atoms with Crippen LogP contribution in [0.4, 0.5) is 5.69 Å². The van der Waals surface area contributed by atoms with Crippen LogP contribution in [0.25, 0.3) is 22.2 Å². The van der Waals surface area contributed by atoms with Gasteiger partial charge >= 0.3 is 0 Å². The highest BCUT2D eigenvalue weighted by Crippen LogP contribution is 2.25. The van der Waals surface area contributed by atoms with E-state index in [1.807, 2.05) is 42.5 Å². The fraction of sp³-hybridized carbons (Fsp3) is 0.0625. The van der Waals surface area contributed by atoms with Crippen LogP contribution in [0.2, 0.25) is 5.15 Å². The molecule has 4 nitrogen and oxygen atoms in total. The molecule has 1 aromatic heterocycles. The number of halogens is 1. The molecule has 0 unspecified atom stereocenters. The van der Waals surface area contributed by atoms with E-state index >= 15 is 0 Å². The lowest BCUT2D eigenvalue weighted by atomic mass is 10.0. The number of nitrogens with one attached hydrogen (secondary N) is 1. The topological polar surface area (TPSA) is 54.9 Å². The average Bonchev–Trinajstić information content (AvgIpc) is 2.46. The lowest BCUT2D eigenvalue weighted by Crippen LogP contribution is -2.05. The van der Waals surface area contributed by atoms with E-state index in [1.54, 1.807) is 0 Å². The molecule has 0 spiro atoms. The van der Waals surface area contributed by atoms with Crippen molar-refractivity contribution in [1.82, 2.24) is 9.97 Å². The fourth-order valence-corrected chi connectivity index (χ4v) is 2.29. The number of rotatable bonds is 2. The number of nitrogens with zero attached hydrogens (tertiary/aromatic N) is 2. The molecule has 0 saturated carbocycles. The van der Waals surface area contributed by atoms with Crippen LogP contribution < -0.4 is 5.32 Å². The summed E-state index contributed by atoms with van der Waals surface area (Å²) in [5, 5.41) is 3.14. The summed E-state index contributed by atoms with van der Waals surface area (Å²) in [5.74, 6) is -0.0942. The normalized spacial score (nSPS) is 10.6. The van der Waals surface area contributed by atoms with E-state index in [-0.39, 0.29) is 5.91 Å². The SMILES string of the molecule is CC(=O)Nc1cccc(-c2ccc3ncc(Cl)nc3c2)c1. The highest BCUT2D eigenvalue weighted by molar-refractivity contribution is 6.29. The summed E-state index contributed by atoms with van der Waals surface area (Å²) in [6.07, 6.45) is 1.53. The zero-order valence-electron chi connectivity index (χ0n) is 11.3. The van der Waals surface area contributed by atoms with E-state index in [9.17, 15) is 4.79 Å². The van der Waals surface area contributed by atoms with E-state index in [2.05, 4.69) is 15.3 Å². The molecule has 1 amide bonds. The van der Waals surface area contributed by atoms with Gasteiger partial charge in [0.05, 0.1) is 17.2 Å². The molecule has 0 radical (unpaired) electrons. The maximum absolute atomic E-state index is 11.1. The van der Waals surface area contributed by atoms with Crippen molar-refractivity contribution in [3.8, 4) is 11.1 Å². The lowest BCUT2D eigenvalue weighted by Gasteiger charge is -2.07. The Morgan fingerprint density at radius 2 is 1.90 bits per heavy atom. The molecule has 0 fully saturated rings. The van der Waals surface area contributed by atoms with Gasteiger partial charge < -0.3 is 5.32 Å². The average molecular weight is 298 g/mol. The van der Waals surface area contributed by atoms with Crippen molar-refractivity contribution in [2.45, 2.75) is 6.92 Å². The number of carbonyl (C=O) groups excluding carboxylic acids is 1. The molecule has 0 aliphatic rings. The quantitative estimate of drug-likeness (QED) is 0.780. The molecule has 1 N–H and O–H groups in total. The standard InChI is InChI=1S/C16H12ClN3O/c1-10(21)19-13-4-2-3-11(7-13)12-5-6-14-15(8-12)20-16(17)9-18-14/h2-9H,1H3,(H,19,21). The summed E-state index contributed by atoms with van der Waals surface area (Å²) in [5.41, 5.74) is 4.28. The third-order valence-corrected chi connectivity index (χ3v) is 3.21. The van der Waals surface area contributed by atoms with Gasteiger partial charge in [0.2, 0.25) is 5.91 Å². The van der Waals surface area contributed by atoms with Crippen molar-refractivity contribution in [1.29, 1.82) is 0 Å². The zero-order chi connectivity index (χ0) is 14.8. The van der Waals surface area contributed by atoms with Crippen LogP contribution in [0.3, 0.4) is 0 Å². The lowest BCUT2D eigenvalue weighted by molar-refractivity contribution is -0.114. The molecule has 0 aliphatic heterocycles. The number of hydrogen-bond donors (Lipinski definition) is 1. The van der Waals surface area contributed by atoms with Crippen molar-refractivity contribution < 1.29 is 4.79 Å². The molecule has 104 valence electrons. The second kappa shape index (κ2) is 5.50. The molecular weight excluding hydrogens is 286 g/mol. The van der Waals surface area contributed by atoms with Crippen molar-refractivity contribution in [3.05, 3.63) is 53.8 Å². The van der Waals surface area contributed by atoms with Crippen LogP contribution in [0.5, 0.6) is 0 Å². The van der Waals surface area contributed by atoms with Crippen LogP contribution in [-0.2, 0) is 4.79 Å². The largest absolute Gasteiger partial charge is 0.326 e. The molecule has 21 heavy (non-hydrogen) atoms. The first-order valence-corrected chi connectivity index (χ1v) is 6.80. The van der Waals surface area contributed by atoms with E-state index < -0.39 is 0 Å². The van der Waals surface area contributed by atoms with Gasteiger partial charge in [0.25, 0.3) is 0 Å². The fourth-order valence-electron chi connectivity index (χ4n) is 2.15. The monoisotopic (exact) mass is 297 g/mol. The smallest absolute Gasteiger partial charge is 0.221 e. The molecule has 0 atom stereocenters. The molecule has 5 heteroatoms. The maximum atomic E-state index is 11.1. The Morgan fingerprint density at radius 1 is 1.10 bits per heavy atom. The van der Waals surface area contributed by atoms with Crippen molar-refractivity contribution >= 4 is 34.2 Å². The van der Waals surface area contributed by atoms with Gasteiger partial charge in [-0.05, 0) is 35.4 Å². The third-order valence-electron chi connectivity index (χ3n) is 3.03. The first kappa shape index (κ1) is 13.5. The highest BCUT2D eigenvalue weighted by Gasteiger charge is 2.04. The minimum absolute atomic E-state index is 0.0942. The van der Waals surface area contributed by atoms with Gasteiger partial charge in [0.15, 0.2) is 0 Å². The highest BCUT2D eigenvalue weighted by atomic mass is 35.5. The molecule has 1 heterocycles. The minimum atomic E-state index is -0.0942. The minimum Gasteiger partial charge on any atom is -0.326 e. The molecule has 0 aliphatic carbocycles. The maximum Gasteiger partial charge on any atom is 0.221 e. The summed E-state index contributed by atoms with van der Waals surface area (Å²) in [6, 6.07) is 13.4. The predicted molar refractivity (Wildman–Crippen MR) is 84.3 cm³/mol. The Kier molecular flexibility index (Phi) is 3.54. The Bertz CT molecular complexity index is 833. The van der Waals surface area contributed by atoms with E-state index in [0.717, 1.165) is 27.8 Å². The van der Waals surface area contributed by atoms with Crippen molar-refractivity contribution in [2.75, 3.05) is 5.32 Å². The molecular formula is C16H12ClN3O. The number of hydrogen-bond acceptors (Lipinski definition) is 3. The van der Waals surface area contributed by atoms with Gasteiger partial charge in [-0.3, -0.25) is 9.78 Å². The van der Waals surface area contributed by atoms with Gasteiger partial charge in [0.1, 0.15) is 5.15 Å². The van der Waals surface area contributed by atoms with Crippen LogP contribution in [0.1, 0.15) is 6.92 Å². The Balaban J connectivity index is 2.05. The van der Waals surface area contributed by atoms with Gasteiger partial charge in [-0.1, -0.05) is 29.8 Å². The summed E-state index contributed by atoms with van der Waals surface area (Å²) >= 11 is 5.88. The van der Waals surface area contributed by atoms with E-state index in [0.29, 0.717) is 5.15 Å². The van der Waals surface area contributed by atoms with Crippen molar-refractivity contribution in [3.63, 3.8) is 0 Å². The van der Waals surface area contributed by atoms with Crippen LogP contribution >= 0.6 is 11.6 Å². The number of carbonyl (C=O) groups is 1. The summed E-state index contributed by atoms with van der Waals surface area (Å²) in [6.45, 7) is 1.49. The van der Waals surface area contributed by atoms with Crippen molar-refractivity contribution in [2.24, 2.45) is 0 Å². The zero-order valence-corrected chi connectivity index (χ0v) is 12.1. The first-order chi connectivity index (χ1) is 10.1. The number of fused-ring (bicyclic) bond motifs is 1. The van der Waals surface area contributed by atoms with Gasteiger partial charge in [-0.15, -0.1) is 0 Å². The van der Waals surface area contributed by atoms with Gasteiger partial charge in [-0.25, -0.2) is 4.98 Å². The summed E-state index contributed by atoms with van der Waals surface area (Å²) < 4.78 is 0. The molecule has 0 bridgehead atoms. The van der Waals surface area contributed by atoms with Crippen LogP contribution in [0.15, 0.2) is 48.7 Å². The molecule has 3 rings (SSSR count). The Morgan fingerprint density at radius 3 is 2.71 bits per heavy atom. The number of amides is 1. The second-order valence-electron chi connectivity index (χ2n) is 4.66. The second-order valence-corrected chi connectivity index (χ2v) is 5.05.